The molecule has 0 atom stereocenters. The first kappa shape index (κ1) is 25.3. The smallest absolute Gasteiger partial charge is 0.409 e. The Hall–Kier alpha value is -0.770. The summed E-state index contributed by atoms with van der Waals surface area (Å²) in [6.07, 6.45) is 5.26. The molecule has 8 heteroatoms. The van der Waals surface area contributed by atoms with Gasteiger partial charge < -0.3 is 25.6 Å². The molecule has 28 heavy (non-hydrogen) atoms. The number of halogens is 1. The molecule has 2 heterocycles. The van der Waals surface area contributed by atoms with Gasteiger partial charge in [0.05, 0.1) is 6.61 Å². The average Bonchev–Trinajstić information content (AvgIpc) is 2.66. The highest BCUT2D eigenvalue weighted by molar-refractivity contribution is 14.0. The van der Waals surface area contributed by atoms with Crippen LogP contribution in [0.4, 0.5) is 4.79 Å². The predicted octanol–water partition coefficient (Wildman–Crippen LogP) is 2.89. The van der Waals surface area contributed by atoms with Gasteiger partial charge in [-0.05, 0) is 70.5 Å². The summed E-state index contributed by atoms with van der Waals surface area (Å²) in [6, 6.07) is 0.289. The number of aliphatic imine (C=N–C) groups is 1. The third-order valence-electron chi connectivity index (χ3n) is 5.62. The molecule has 164 valence electrons. The monoisotopic (exact) mass is 509 g/mol. The van der Waals surface area contributed by atoms with Gasteiger partial charge >= 0.3 is 6.09 Å². The molecule has 0 aromatic carbocycles. The number of ether oxygens (including phenoxy) is 1. The SMILES string of the molecule is CCOC(=O)N1CCC(NC(N)=NCC2CCN(CCC(C)C)CC2)CC1.I. The normalized spacial score (nSPS) is 20.1. The lowest BCUT2D eigenvalue weighted by Crippen LogP contribution is -2.48. The summed E-state index contributed by atoms with van der Waals surface area (Å²) in [5, 5.41) is 3.33. The van der Waals surface area contributed by atoms with E-state index in [9.17, 15) is 4.79 Å². The van der Waals surface area contributed by atoms with Crippen LogP contribution in [0.25, 0.3) is 0 Å². The number of likely N-dealkylation sites (tertiary alicyclic amines) is 2. The Balaban J connectivity index is 0.00000392. The average molecular weight is 509 g/mol. The summed E-state index contributed by atoms with van der Waals surface area (Å²) in [4.78, 5) is 20.7. The van der Waals surface area contributed by atoms with E-state index < -0.39 is 0 Å². The lowest BCUT2D eigenvalue weighted by Gasteiger charge is -2.32. The van der Waals surface area contributed by atoms with Crippen molar-refractivity contribution < 1.29 is 9.53 Å². The number of hydrogen-bond donors (Lipinski definition) is 2. The summed E-state index contributed by atoms with van der Waals surface area (Å²) in [7, 11) is 0. The second-order valence-electron chi connectivity index (χ2n) is 8.30. The minimum absolute atomic E-state index is 0. The summed E-state index contributed by atoms with van der Waals surface area (Å²) >= 11 is 0. The molecule has 7 nitrogen and oxygen atoms in total. The van der Waals surface area contributed by atoms with Crippen LogP contribution in [0.15, 0.2) is 4.99 Å². The maximum absolute atomic E-state index is 11.7. The lowest BCUT2D eigenvalue weighted by molar-refractivity contribution is 0.0963. The third-order valence-corrected chi connectivity index (χ3v) is 5.62. The molecule has 0 bridgehead atoms. The fourth-order valence-electron chi connectivity index (χ4n) is 3.74. The second-order valence-corrected chi connectivity index (χ2v) is 8.30. The fraction of sp³-hybridized carbons (Fsp3) is 0.900. The first-order valence-corrected chi connectivity index (χ1v) is 10.7. The van der Waals surface area contributed by atoms with Crippen LogP contribution in [0.1, 0.15) is 52.9 Å². The molecule has 0 saturated carbocycles. The van der Waals surface area contributed by atoms with E-state index in [0.29, 0.717) is 31.6 Å². The van der Waals surface area contributed by atoms with E-state index in [2.05, 4.69) is 29.1 Å². The number of guanidine groups is 1. The number of nitrogens with two attached hydrogens (primary N) is 1. The van der Waals surface area contributed by atoms with Crippen molar-refractivity contribution in [2.24, 2.45) is 22.6 Å². The van der Waals surface area contributed by atoms with E-state index in [0.717, 1.165) is 25.3 Å². The molecule has 2 saturated heterocycles. The van der Waals surface area contributed by atoms with Gasteiger partial charge in [0.15, 0.2) is 5.96 Å². The van der Waals surface area contributed by atoms with Crippen LogP contribution in [0, 0.1) is 11.8 Å². The topological polar surface area (TPSA) is 83.2 Å². The van der Waals surface area contributed by atoms with Crippen molar-refractivity contribution in [3.63, 3.8) is 0 Å². The van der Waals surface area contributed by atoms with Crippen LogP contribution >= 0.6 is 24.0 Å². The standard InChI is InChI=1S/C20H39N5O2.HI/c1-4-27-20(26)25-13-8-18(9-14-25)23-19(21)22-15-17-6-11-24(12-7-17)10-5-16(2)3;/h16-18H,4-15H2,1-3H3,(H3,21,22,23);1H. The number of piperidine rings is 2. The van der Waals surface area contributed by atoms with E-state index in [-0.39, 0.29) is 36.1 Å². The molecule has 3 N–H and O–H groups in total. The lowest BCUT2D eigenvalue weighted by atomic mass is 9.96. The Morgan fingerprint density at radius 2 is 1.82 bits per heavy atom. The molecule has 2 aliphatic rings. The van der Waals surface area contributed by atoms with Crippen LogP contribution in [-0.4, -0.2) is 73.8 Å². The summed E-state index contributed by atoms with van der Waals surface area (Å²) in [5.41, 5.74) is 6.10. The molecule has 2 rings (SSSR count). The molecule has 0 radical (unpaired) electrons. The van der Waals surface area contributed by atoms with Crippen LogP contribution in [0.2, 0.25) is 0 Å². The molecule has 0 aromatic rings. The molecule has 0 unspecified atom stereocenters. The van der Waals surface area contributed by atoms with Gasteiger partial charge in [0.25, 0.3) is 0 Å². The molecule has 1 amide bonds. The van der Waals surface area contributed by atoms with Gasteiger partial charge in [0.2, 0.25) is 0 Å². The fourth-order valence-corrected chi connectivity index (χ4v) is 3.74. The highest BCUT2D eigenvalue weighted by Crippen LogP contribution is 2.18. The maximum Gasteiger partial charge on any atom is 0.409 e. The van der Waals surface area contributed by atoms with Gasteiger partial charge in [0.1, 0.15) is 0 Å². The van der Waals surface area contributed by atoms with Crippen molar-refractivity contribution in [1.29, 1.82) is 0 Å². The van der Waals surface area contributed by atoms with E-state index in [1.54, 1.807) is 4.90 Å². The van der Waals surface area contributed by atoms with E-state index >= 15 is 0 Å². The largest absolute Gasteiger partial charge is 0.450 e. The molecule has 0 spiro atoms. The Bertz CT molecular complexity index is 473. The van der Waals surface area contributed by atoms with E-state index in [1.807, 2.05) is 6.92 Å². The van der Waals surface area contributed by atoms with Crippen molar-refractivity contribution in [2.75, 3.05) is 45.9 Å². The van der Waals surface area contributed by atoms with Crippen LogP contribution in [0.3, 0.4) is 0 Å². The van der Waals surface area contributed by atoms with Gasteiger partial charge in [-0.2, -0.15) is 0 Å². The number of carbonyl (C=O) groups excluding carboxylic acids is 1. The van der Waals surface area contributed by atoms with Crippen LogP contribution < -0.4 is 11.1 Å². The van der Waals surface area contributed by atoms with Gasteiger partial charge in [-0.3, -0.25) is 4.99 Å². The zero-order valence-electron chi connectivity index (χ0n) is 17.9. The van der Waals surface area contributed by atoms with Crippen molar-refractivity contribution in [3.05, 3.63) is 0 Å². The van der Waals surface area contributed by atoms with Gasteiger partial charge in [0, 0.05) is 25.7 Å². The number of amides is 1. The molecule has 2 fully saturated rings. The third kappa shape index (κ3) is 9.15. The maximum atomic E-state index is 11.7. The number of carbonyl (C=O) groups is 1. The highest BCUT2D eigenvalue weighted by atomic mass is 127. The summed E-state index contributed by atoms with van der Waals surface area (Å²) in [6.45, 7) is 12.7. The Kier molecular flexibility index (Phi) is 12.1. The van der Waals surface area contributed by atoms with Gasteiger partial charge in [-0.1, -0.05) is 13.8 Å². The van der Waals surface area contributed by atoms with E-state index in [4.69, 9.17) is 10.5 Å². The summed E-state index contributed by atoms with van der Waals surface area (Å²) in [5.74, 6) is 1.97. The number of rotatable bonds is 7. The minimum atomic E-state index is -0.211. The molecular formula is C20H40IN5O2. The Morgan fingerprint density at radius 3 is 2.39 bits per heavy atom. The van der Waals surface area contributed by atoms with Crippen molar-refractivity contribution >= 4 is 36.0 Å². The first-order chi connectivity index (χ1) is 13.0. The predicted molar refractivity (Wildman–Crippen MR) is 125 cm³/mol. The number of nitrogens with zero attached hydrogens (tertiary/aromatic N) is 3. The molecule has 0 aliphatic carbocycles. The van der Waals surface area contributed by atoms with Gasteiger partial charge in [-0.15, -0.1) is 24.0 Å². The Morgan fingerprint density at radius 1 is 1.18 bits per heavy atom. The summed E-state index contributed by atoms with van der Waals surface area (Å²) < 4.78 is 5.05. The van der Waals surface area contributed by atoms with Gasteiger partial charge in [-0.25, -0.2) is 4.79 Å². The van der Waals surface area contributed by atoms with Crippen molar-refractivity contribution in [1.82, 2.24) is 15.1 Å². The Labute approximate surface area is 187 Å². The van der Waals surface area contributed by atoms with Crippen molar-refractivity contribution in [3.8, 4) is 0 Å². The molecule has 2 aliphatic heterocycles. The first-order valence-electron chi connectivity index (χ1n) is 10.7. The number of hydrogen-bond acceptors (Lipinski definition) is 4. The quantitative estimate of drug-likeness (QED) is 0.313. The van der Waals surface area contributed by atoms with E-state index in [1.165, 1.54) is 38.9 Å². The second kappa shape index (κ2) is 13.5. The molecule has 0 aromatic heterocycles. The zero-order valence-corrected chi connectivity index (χ0v) is 20.2. The van der Waals surface area contributed by atoms with Crippen LogP contribution in [0.5, 0.6) is 0 Å². The highest BCUT2D eigenvalue weighted by Gasteiger charge is 2.24. The van der Waals surface area contributed by atoms with Crippen molar-refractivity contribution in [2.45, 2.75) is 58.9 Å². The van der Waals surface area contributed by atoms with Crippen LogP contribution in [-0.2, 0) is 4.74 Å². The molecular weight excluding hydrogens is 469 g/mol. The number of nitrogens with one attached hydrogen (secondary N) is 1. The zero-order chi connectivity index (χ0) is 19.6. The minimum Gasteiger partial charge on any atom is -0.450 e.